The second-order valence-electron chi connectivity index (χ2n) is 6.36. The summed E-state index contributed by atoms with van der Waals surface area (Å²) < 4.78 is 41.3. The minimum Gasteiger partial charge on any atom is -0.454 e. The Labute approximate surface area is 184 Å². The van der Waals surface area contributed by atoms with Crippen LogP contribution in [0.3, 0.4) is 0 Å². The third kappa shape index (κ3) is 4.44. The minimum atomic E-state index is -2.91. The van der Waals surface area contributed by atoms with Gasteiger partial charge in [0.1, 0.15) is 5.75 Å². The molecule has 0 fully saturated rings. The number of fused-ring (bicyclic) bond motifs is 1. The van der Waals surface area contributed by atoms with Crippen LogP contribution in [0.1, 0.15) is 12.5 Å². The first-order valence-corrected chi connectivity index (χ1v) is 10.2. The fraction of sp³-hybridized carbons (Fsp3) is 0.200. The highest BCUT2D eigenvalue weighted by atomic mass is 32.1. The van der Waals surface area contributed by atoms with Crippen LogP contribution in [0.25, 0.3) is 11.3 Å². The third-order valence-electron chi connectivity index (χ3n) is 4.38. The molecule has 0 amide bonds. The van der Waals surface area contributed by atoms with Crippen LogP contribution in [0.4, 0.5) is 14.5 Å². The first-order valence-electron chi connectivity index (χ1n) is 9.35. The fourth-order valence-electron chi connectivity index (χ4n) is 2.99. The van der Waals surface area contributed by atoms with Gasteiger partial charge in [-0.25, -0.2) is 4.68 Å². The Morgan fingerprint density at radius 3 is 2.66 bits per heavy atom. The molecule has 2 aromatic carbocycles. The van der Waals surface area contributed by atoms with E-state index < -0.39 is 11.5 Å². The number of nitro benzene ring substituents is 1. The van der Waals surface area contributed by atoms with Gasteiger partial charge in [0.05, 0.1) is 28.5 Å². The number of halogens is 2. The van der Waals surface area contributed by atoms with Gasteiger partial charge in [-0.3, -0.25) is 15.1 Å². The molecule has 1 aromatic heterocycles. The van der Waals surface area contributed by atoms with Crippen molar-refractivity contribution in [3.05, 3.63) is 62.3 Å². The molecule has 0 spiro atoms. The summed E-state index contributed by atoms with van der Waals surface area (Å²) in [7, 11) is 0. The molecule has 2 heterocycles. The van der Waals surface area contributed by atoms with Crippen molar-refractivity contribution in [2.45, 2.75) is 13.5 Å². The molecule has 1 aliphatic rings. The summed E-state index contributed by atoms with van der Waals surface area (Å²) in [4.78, 5) is 15.9. The fourth-order valence-corrected chi connectivity index (χ4v) is 3.89. The molecular weight excluding hydrogens is 446 g/mol. The number of hydrogen-bond donors (Lipinski definition) is 0. The van der Waals surface area contributed by atoms with E-state index in [1.54, 1.807) is 12.1 Å². The predicted octanol–water partition coefficient (Wildman–Crippen LogP) is 4.26. The molecule has 0 N–H and O–H groups in total. The second-order valence-corrected chi connectivity index (χ2v) is 7.20. The van der Waals surface area contributed by atoms with Crippen molar-refractivity contribution in [1.29, 1.82) is 0 Å². The molecule has 0 radical (unpaired) electrons. The Morgan fingerprint density at radius 2 is 2.00 bits per heavy atom. The lowest BCUT2D eigenvalue weighted by Gasteiger charge is -2.07. The van der Waals surface area contributed by atoms with E-state index in [0.717, 1.165) is 0 Å². The van der Waals surface area contributed by atoms with E-state index >= 15 is 0 Å². The summed E-state index contributed by atoms with van der Waals surface area (Å²) in [6, 6.07) is 8.86. The van der Waals surface area contributed by atoms with Gasteiger partial charge in [-0.15, -0.1) is 11.3 Å². The maximum absolute atomic E-state index is 12.4. The van der Waals surface area contributed by atoms with E-state index in [0.29, 0.717) is 34.1 Å². The molecule has 0 saturated heterocycles. The van der Waals surface area contributed by atoms with Gasteiger partial charge < -0.3 is 14.2 Å². The number of benzene rings is 2. The van der Waals surface area contributed by atoms with Crippen LogP contribution in [0.15, 0.2) is 51.9 Å². The number of thiazole rings is 1. The van der Waals surface area contributed by atoms with Gasteiger partial charge in [-0.2, -0.15) is 13.9 Å². The van der Waals surface area contributed by atoms with Crippen LogP contribution in [-0.4, -0.2) is 35.8 Å². The first-order chi connectivity index (χ1) is 15.5. The highest BCUT2D eigenvalue weighted by Gasteiger charge is 2.22. The molecule has 0 saturated carbocycles. The molecule has 0 unspecified atom stereocenters. The van der Waals surface area contributed by atoms with Gasteiger partial charge in [0.15, 0.2) is 11.5 Å². The Hall–Kier alpha value is -3.80. The number of nitrogens with zero attached hydrogens (tertiary/aromatic N) is 4. The molecule has 0 aliphatic carbocycles. The van der Waals surface area contributed by atoms with Crippen molar-refractivity contribution in [3.63, 3.8) is 0 Å². The van der Waals surface area contributed by atoms with Crippen LogP contribution < -0.4 is 19.0 Å². The van der Waals surface area contributed by atoms with Crippen molar-refractivity contribution in [1.82, 2.24) is 4.68 Å². The summed E-state index contributed by atoms with van der Waals surface area (Å²) >= 11 is 1.33. The number of hydrogen-bond acceptors (Lipinski definition) is 8. The normalized spacial score (nSPS) is 13.3. The second kappa shape index (κ2) is 9.14. The lowest BCUT2D eigenvalue weighted by atomic mass is 10.1. The molecule has 9 nitrogen and oxygen atoms in total. The van der Waals surface area contributed by atoms with Crippen LogP contribution >= 0.6 is 11.3 Å². The smallest absolute Gasteiger partial charge is 0.387 e. The zero-order valence-electron chi connectivity index (χ0n) is 16.6. The Morgan fingerprint density at radius 1 is 1.28 bits per heavy atom. The predicted molar refractivity (Wildman–Crippen MR) is 113 cm³/mol. The molecule has 32 heavy (non-hydrogen) atoms. The highest BCUT2D eigenvalue weighted by molar-refractivity contribution is 7.07. The lowest BCUT2D eigenvalue weighted by Crippen LogP contribution is -2.12. The number of rotatable bonds is 7. The largest absolute Gasteiger partial charge is 0.454 e. The zero-order chi connectivity index (χ0) is 22.7. The maximum Gasteiger partial charge on any atom is 0.387 e. The number of ether oxygens (including phenoxy) is 3. The van der Waals surface area contributed by atoms with Gasteiger partial charge in [-0.05, 0) is 37.3 Å². The third-order valence-corrected chi connectivity index (χ3v) is 5.24. The van der Waals surface area contributed by atoms with Gasteiger partial charge in [0, 0.05) is 17.5 Å². The van der Waals surface area contributed by atoms with E-state index in [9.17, 15) is 18.9 Å². The molecule has 4 rings (SSSR count). The van der Waals surface area contributed by atoms with Gasteiger partial charge in [-0.1, -0.05) is 0 Å². The minimum absolute atomic E-state index is 0.0126. The molecule has 0 bridgehead atoms. The van der Waals surface area contributed by atoms with E-state index in [4.69, 9.17) is 9.47 Å². The van der Waals surface area contributed by atoms with E-state index in [1.165, 1.54) is 46.5 Å². The van der Waals surface area contributed by atoms with Gasteiger partial charge in [0.2, 0.25) is 11.6 Å². The number of alkyl halides is 2. The van der Waals surface area contributed by atoms with Crippen LogP contribution in [-0.2, 0) is 0 Å². The van der Waals surface area contributed by atoms with E-state index in [2.05, 4.69) is 14.8 Å². The Kier molecular flexibility index (Phi) is 6.12. The standard InChI is InChI=1S/C20H16F2N4O5S/c1-2-23-20-25(16(10-32-20)12-3-5-14(6-4-12)31-19(21)22)24-9-13-7-17-18(30-11-29-17)8-15(13)26(27)28/h3-10,19H,2,11H2,1H3. The van der Waals surface area contributed by atoms with Gasteiger partial charge >= 0.3 is 6.61 Å². The average Bonchev–Trinajstić information content (AvgIpc) is 3.38. The molecule has 12 heteroatoms. The zero-order valence-corrected chi connectivity index (χ0v) is 17.4. The maximum atomic E-state index is 12.4. The Balaban J connectivity index is 1.75. The van der Waals surface area contributed by atoms with E-state index in [-0.39, 0.29) is 23.8 Å². The van der Waals surface area contributed by atoms with Crippen molar-refractivity contribution < 1.29 is 27.9 Å². The van der Waals surface area contributed by atoms with Crippen molar-refractivity contribution in [3.8, 4) is 28.5 Å². The SMILES string of the molecule is CCN=c1scc(-c2ccc(OC(F)F)cc2)n1N=Cc1cc2c(cc1[N+](=O)[O-])OCO2. The summed E-state index contributed by atoms with van der Waals surface area (Å²) in [6.45, 7) is -0.557. The van der Waals surface area contributed by atoms with Crippen molar-refractivity contribution >= 4 is 23.2 Å². The summed E-state index contributed by atoms with van der Waals surface area (Å²) in [5.74, 6) is 0.717. The summed E-state index contributed by atoms with van der Waals surface area (Å²) in [6.07, 6.45) is 1.35. The number of aromatic nitrogens is 1. The average molecular weight is 462 g/mol. The number of nitro groups is 1. The monoisotopic (exact) mass is 462 g/mol. The van der Waals surface area contributed by atoms with Crippen LogP contribution in [0, 0.1) is 10.1 Å². The van der Waals surface area contributed by atoms with Crippen molar-refractivity contribution in [2.75, 3.05) is 13.3 Å². The topological polar surface area (TPSA) is 100 Å². The quantitative estimate of drug-likeness (QED) is 0.297. The van der Waals surface area contributed by atoms with E-state index in [1.807, 2.05) is 12.3 Å². The Bertz CT molecular complexity index is 1240. The van der Waals surface area contributed by atoms with Crippen molar-refractivity contribution in [2.24, 2.45) is 10.1 Å². The molecule has 0 atom stereocenters. The first kappa shape index (κ1) is 21.4. The van der Waals surface area contributed by atoms with Gasteiger partial charge in [0.25, 0.3) is 5.69 Å². The lowest BCUT2D eigenvalue weighted by molar-refractivity contribution is -0.385. The molecular formula is C20H16F2N4O5S. The molecule has 1 aliphatic heterocycles. The summed E-state index contributed by atoms with van der Waals surface area (Å²) in [5.41, 5.74) is 1.35. The van der Waals surface area contributed by atoms with Crippen LogP contribution in [0.5, 0.6) is 17.2 Å². The summed E-state index contributed by atoms with van der Waals surface area (Å²) in [5, 5.41) is 17.7. The molecule has 3 aromatic rings. The van der Waals surface area contributed by atoms with Crippen LogP contribution in [0.2, 0.25) is 0 Å². The molecule has 166 valence electrons. The highest BCUT2D eigenvalue weighted by Crippen LogP contribution is 2.37.